The Balaban J connectivity index is 1.48. The van der Waals surface area contributed by atoms with Crippen LogP contribution in [0.3, 0.4) is 0 Å². The lowest BCUT2D eigenvalue weighted by Crippen LogP contribution is -2.41. The molecule has 1 fully saturated rings. The van der Waals surface area contributed by atoms with Crippen LogP contribution in [0, 0.1) is 0 Å². The Hall–Kier alpha value is -2.24. The van der Waals surface area contributed by atoms with E-state index in [9.17, 15) is 4.79 Å². The van der Waals surface area contributed by atoms with Crippen molar-refractivity contribution in [2.45, 2.75) is 11.4 Å². The molecule has 2 heterocycles. The van der Waals surface area contributed by atoms with Gasteiger partial charge in [-0.1, -0.05) is 36.4 Å². The van der Waals surface area contributed by atoms with Crippen molar-refractivity contribution < 1.29 is 9.53 Å². The molecule has 0 aliphatic carbocycles. The van der Waals surface area contributed by atoms with Crippen LogP contribution in [0.2, 0.25) is 0 Å². The molecule has 5 heteroatoms. The van der Waals surface area contributed by atoms with E-state index in [-0.39, 0.29) is 5.91 Å². The highest BCUT2D eigenvalue weighted by Crippen LogP contribution is 2.29. The minimum Gasteiger partial charge on any atom is -0.378 e. The number of fused-ring (bicyclic) bond motifs is 1. The molecule has 4 rings (SSSR count). The Morgan fingerprint density at radius 2 is 1.81 bits per heavy atom. The highest BCUT2D eigenvalue weighted by atomic mass is 32.2. The third-order valence-electron chi connectivity index (χ3n) is 4.68. The molecule has 0 atom stereocenters. The quantitative estimate of drug-likeness (QED) is 0.647. The van der Waals surface area contributed by atoms with Gasteiger partial charge in [0.05, 0.1) is 19.0 Å². The minimum atomic E-state index is 0.194. The van der Waals surface area contributed by atoms with Gasteiger partial charge < -0.3 is 14.2 Å². The van der Waals surface area contributed by atoms with Gasteiger partial charge in [-0.05, 0) is 23.8 Å². The number of ether oxygens (including phenoxy) is 1. The molecule has 26 heavy (non-hydrogen) atoms. The average molecular weight is 366 g/mol. The lowest BCUT2D eigenvalue weighted by molar-refractivity contribution is -0.132. The van der Waals surface area contributed by atoms with Gasteiger partial charge in [-0.3, -0.25) is 4.79 Å². The van der Waals surface area contributed by atoms with Gasteiger partial charge in [-0.2, -0.15) is 0 Å². The maximum Gasteiger partial charge on any atom is 0.233 e. The van der Waals surface area contributed by atoms with Gasteiger partial charge in [0.1, 0.15) is 0 Å². The summed E-state index contributed by atoms with van der Waals surface area (Å²) in [6.45, 7) is 3.56. The SMILES string of the molecule is O=C(CSc1cccc2c1ccn2Cc1ccccc1)N1CCOCC1. The Kier molecular flexibility index (Phi) is 5.27. The summed E-state index contributed by atoms with van der Waals surface area (Å²) in [5.41, 5.74) is 2.49. The molecule has 1 aliphatic heterocycles. The molecule has 0 saturated carbocycles. The molecule has 1 amide bonds. The van der Waals surface area contributed by atoms with Crippen LogP contribution in [0.5, 0.6) is 0 Å². The number of hydrogen-bond donors (Lipinski definition) is 0. The van der Waals surface area contributed by atoms with Crippen LogP contribution in [0.25, 0.3) is 10.9 Å². The number of amides is 1. The summed E-state index contributed by atoms with van der Waals surface area (Å²) in [4.78, 5) is 15.5. The predicted octanol–water partition coefficient (Wildman–Crippen LogP) is 3.64. The summed E-state index contributed by atoms with van der Waals surface area (Å²) in [7, 11) is 0. The van der Waals surface area contributed by atoms with Crippen LogP contribution in [0.4, 0.5) is 0 Å². The van der Waals surface area contributed by atoms with Crippen molar-refractivity contribution in [1.29, 1.82) is 0 Å². The number of carbonyl (C=O) groups excluding carboxylic acids is 1. The largest absolute Gasteiger partial charge is 0.378 e. The predicted molar refractivity (Wildman–Crippen MR) is 106 cm³/mol. The molecular weight excluding hydrogens is 344 g/mol. The standard InChI is InChI=1S/C21H22N2O2S/c24-21(22-11-13-25-14-12-22)16-26-20-8-4-7-19-18(20)9-10-23(19)15-17-5-2-1-3-6-17/h1-10H,11-16H2. The second-order valence-corrected chi connectivity index (χ2v) is 7.42. The molecule has 0 bridgehead atoms. The van der Waals surface area contributed by atoms with E-state index in [0.29, 0.717) is 32.1 Å². The van der Waals surface area contributed by atoms with E-state index in [0.717, 1.165) is 11.4 Å². The molecule has 2 aromatic carbocycles. The number of carbonyl (C=O) groups is 1. The molecule has 0 N–H and O–H groups in total. The number of rotatable bonds is 5. The molecule has 1 aromatic heterocycles. The number of hydrogen-bond acceptors (Lipinski definition) is 3. The third kappa shape index (κ3) is 3.79. The van der Waals surface area contributed by atoms with E-state index >= 15 is 0 Å². The number of benzene rings is 2. The number of morpholine rings is 1. The molecule has 3 aromatic rings. The molecule has 4 nitrogen and oxygen atoms in total. The highest BCUT2D eigenvalue weighted by Gasteiger charge is 2.17. The minimum absolute atomic E-state index is 0.194. The number of thioether (sulfide) groups is 1. The maximum atomic E-state index is 12.4. The van der Waals surface area contributed by atoms with E-state index in [4.69, 9.17) is 4.74 Å². The van der Waals surface area contributed by atoms with Gasteiger partial charge in [0.25, 0.3) is 0 Å². The normalized spacial score (nSPS) is 14.7. The van der Waals surface area contributed by atoms with E-state index < -0.39 is 0 Å². The Morgan fingerprint density at radius 3 is 2.62 bits per heavy atom. The van der Waals surface area contributed by atoms with Crippen LogP contribution in [0.15, 0.2) is 65.7 Å². The number of nitrogens with zero attached hydrogens (tertiary/aromatic N) is 2. The van der Waals surface area contributed by atoms with Crippen molar-refractivity contribution >= 4 is 28.6 Å². The second kappa shape index (κ2) is 7.98. The molecule has 0 radical (unpaired) electrons. The summed E-state index contributed by atoms with van der Waals surface area (Å²) in [6, 6.07) is 18.9. The molecule has 0 unspecified atom stereocenters. The Morgan fingerprint density at radius 1 is 1.00 bits per heavy atom. The molecular formula is C21H22N2O2S. The lowest BCUT2D eigenvalue weighted by atomic mass is 10.2. The third-order valence-corrected chi connectivity index (χ3v) is 5.74. The Labute approximate surface area is 157 Å². The fourth-order valence-electron chi connectivity index (χ4n) is 3.28. The molecule has 0 spiro atoms. The van der Waals surface area contributed by atoms with Gasteiger partial charge in [-0.25, -0.2) is 0 Å². The number of aromatic nitrogens is 1. The molecule has 1 aliphatic rings. The highest BCUT2D eigenvalue weighted by molar-refractivity contribution is 8.00. The monoisotopic (exact) mass is 366 g/mol. The summed E-state index contributed by atoms with van der Waals surface area (Å²) in [5, 5.41) is 1.21. The van der Waals surface area contributed by atoms with Crippen LogP contribution in [-0.4, -0.2) is 47.4 Å². The van der Waals surface area contributed by atoms with Crippen molar-refractivity contribution in [1.82, 2.24) is 9.47 Å². The summed E-state index contributed by atoms with van der Waals surface area (Å²) >= 11 is 1.63. The van der Waals surface area contributed by atoms with Gasteiger partial charge >= 0.3 is 0 Å². The fourth-order valence-corrected chi connectivity index (χ4v) is 4.25. The van der Waals surface area contributed by atoms with E-state index in [1.807, 2.05) is 11.0 Å². The second-order valence-electron chi connectivity index (χ2n) is 6.40. The lowest BCUT2D eigenvalue weighted by Gasteiger charge is -2.26. The summed E-state index contributed by atoms with van der Waals surface area (Å²) in [6.07, 6.45) is 2.13. The smallest absolute Gasteiger partial charge is 0.233 e. The maximum absolute atomic E-state index is 12.4. The van der Waals surface area contributed by atoms with Gasteiger partial charge in [-0.15, -0.1) is 11.8 Å². The van der Waals surface area contributed by atoms with Gasteiger partial charge in [0, 0.05) is 41.6 Å². The summed E-state index contributed by atoms with van der Waals surface area (Å²) < 4.78 is 7.58. The zero-order chi connectivity index (χ0) is 17.8. The topological polar surface area (TPSA) is 34.5 Å². The molecule has 1 saturated heterocycles. The first-order valence-electron chi connectivity index (χ1n) is 8.91. The van der Waals surface area contributed by atoms with Crippen LogP contribution in [-0.2, 0) is 16.1 Å². The van der Waals surface area contributed by atoms with Crippen LogP contribution in [0.1, 0.15) is 5.56 Å². The van der Waals surface area contributed by atoms with Gasteiger partial charge in [0.15, 0.2) is 0 Å². The van der Waals surface area contributed by atoms with E-state index in [1.54, 1.807) is 11.8 Å². The average Bonchev–Trinajstić information content (AvgIpc) is 3.11. The van der Waals surface area contributed by atoms with Crippen molar-refractivity contribution in [3.8, 4) is 0 Å². The first-order chi connectivity index (χ1) is 12.8. The zero-order valence-electron chi connectivity index (χ0n) is 14.6. The van der Waals surface area contributed by atoms with E-state index in [2.05, 4.69) is 59.3 Å². The fraction of sp³-hybridized carbons (Fsp3) is 0.286. The van der Waals surface area contributed by atoms with Crippen LogP contribution >= 0.6 is 11.8 Å². The van der Waals surface area contributed by atoms with E-state index in [1.165, 1.54) is 16.5 Å². The zero-order valence-corrected chi connectivity index (χ0v) is 15.5. The first-order valence-corrected chi connectivity index (χ1v) is 9.90. The summed E-state index contributed by atoms with van der Waals surface area (Å²) in [5.74, 6) is 0.669. The van der Waals surface area contributed by atoms with Crippen molar-refractivity contribution in [2.75, 3.05) is 32.1 Å². The van der Waals surface area contributed by atoms with Gasteiger partial charge in [0.2, 0.25) is 5.91 Å². The molecule has 134 valence electrons. The van der Waals surface area contributed by atoms with Crippen molar-refractivity contribution in [2.24, 2.45) is 0 Å². The van der Waals surface area contributed by atoms with Crippen LogP contribution < -0.4 is 0 Å². The first kappa shape index (κ1) is 17.2. The van der Waals surface area contributed by atoms with Crippen molar-refractivity contribution in [3.63, 3.8) is 0 Å². The van der Waals surface area contributed by atoms with Crippen molar-refractivity contribution in [3.05, 3.63) is 66.4 Å². The Bertz CT molecular complexity index is 885.